The van der Waals surface area contributed by atoms with Gasteiger partial charge < -0.3 is 15.4 Å². The molecule has 2 N–H and O–H groups in total. The molecule has 0 spiro atoms. The molecule has 0 bridgehead atoms. The summed E-state index contributed by atoms with van der Waals surface area (Å²) in [5.41, 5.74) is 0.726. The van der Waals surface area contributed by atoms with Crippen LogP contribution in [0.5, 0.6) is 11.6 Å². The van der Waals surface area contributed by atoms with E-state index in [9.17, 15) is 4.79 Å². The smallest absolute Gasteiger partial charge is 0.238 e. The van der Waals surface area contributed by atoms with Crippen molar-refractivity contribution in [2.45, 2.75) is 26.2 Å². The van der Waals surface area contributed by atoms with E-state index in [0.717, 1.165) is 31.6 Å². The lowest BCUT2D eigenvalue weighted by Gasteiger charge is -2.27. The second-order valence-corrected chi connectivity index (χ2v) is 6.51. The Morgan fingerprint density at radius 2 is 2.16 bits per heavy atom. The van der Waals surface area contributed by atoms with Gasteiger partial charge in [0.15, 0.2) is 0 Å². The van der Waals surface area contributed by atoms with Crippen molar-refractivity contribution in [1.82, 2.24) is 15.5 Å². The highest BCUT2D eigenvalue weighted by molar-refractivity contribution is 5.91. The highest BCUT2D eigenvalue weighted by atomic mass is 16.5. The van der Waals surface area contributed by atoms with Crippen LogP contribution in [0.15, 0.2) is 42.6 Å². The predicted octanol–water partition coefficient (Wildman–Crippen LogP) is 3.23. The number of aromatic nitrogens is 2. The molecule has 0 aliphatic carbocycles. The molecule has 3 rings (SSSR count). The third-order valence-corrected chi connectivity index (χ3v) is 4.58. The van der Waals surface area contributed by atoms with E-state index in [2.05, 4.69) is 27.8 Å². The molecule has 25 heavy (non-hydrogen) atoms. The van der Waals surface area contributed by atoms with Crippen molar-refractivity contribution in [2.24, 2.45) is 11.8 Å². The van der Waals surface area contributed by atoms with Gasteiger partial charge in [0.25, 0.3) is 0 Å². The summed E-state index contributed by atoms with van der Waals surface area (Å²) in [6, 6.07) is 10.8. The van der Waals surface area contributed by atoms with Crippen LogP contribution >= 0.6 is 0 Å². The molecule has 6 heteroatoms. The zero-order valence-corrected chi connectivity index (χ0v) is 14.4. The van der Waals surface area contributed by atoms with Crippen LogP contribution in [-0.2, 0) is 4.79 Å². The number of nitrogens with one attached hydrogen (secondary N) is 2. The largest absolute Gasteiger partial charge is 0.437 e. The van der Waals surface area contributed by atoms with Gasteiger partial charge in [-0.2, -0.15) is 5.10 Å². The number of hydrogen-bond donors (Lipinski definition) is 2. The Morgan fingerprint density at radius 1 is 1.32 bits per heavy atom. The first-order chi connectivity index (χ1) is 12.2. The lowest BCUT2D eigenvalue weighted by atomic mass is 9.84. The minimum atomic E-state index is 0.0442. The quantitative estimate of drug-likeness (QED) is 0.844. The third-order valence-electron chi connectivity index (χ3n) is 4.58. The van der Waals surface area contributed by atoms with Crippen molar-refractivity contribution in [3.05, 3.63) is 42.6 Å². The standard InChI is InChI=1S/C19H24N4O2/c1-14(15-7-10-20-11-8-15)12-18(24)22-16-4-2-5-17(13-16)25-19-6-3-9-21-23-19/h2-6,9,13-15,20H,7-8,10-12H2,1H3,(H,22,24). The number of rotatable bonds is 6. The van der Waals surface area contributed by atoms with E-state index in [4.69, 9.17) is 4.74 Å². The SMILES string of the molecule is CC(CC(=O)Nc1cccc(Oc2cccnn2)c1)C1CCNCC1. The molecule has 2 heterocycles. The lowest BCUT2D eigenvalue weighted by molar-refractivity contribution is -0.117. The number of hydrogen-bond acceptors (Lipinski definition) is 5. The van der Waals surface area contributed by atoms with Crippen LogP contribution in [-0.4, -0.2) is 29.2 Å². The third kappa shape index (κ3) is 5.26. The molecule has 1 atom stereocenters. The van der Waals surface area contributed by atoms with Gasteiger partial charge in [-0.05, 0) is 56.0 Å². The topological polar surface area (TPSA) is 76.1 Å². The van der Waals surface area contributed by atoms with Crippen molar-refractivity contribution in [1.29, 1.82) is 0 Å². The molecule has 1 saturated heterocycles. The van der Waals surface area contributed by atoms with Crippen molar-refractivity contribution in [3.63, 3.8) is 0 Å². The van der Waals surface area contributed by atoms with Gasteiger partial charge in [0.1, 0.15) is 5.75 Å². The fourth-order valence-corrected chi connectivity index (χ4v) is 3.18. The highest BCUT2D eigenvalue weighted by Gasteiger charge is 2.22. The van der Waals surface area contributed by atoms with E-state index in [1.54, 1.807) is 24.4 Å². The molecule has 0 radical (unpaired) electrons. The van der Waals surface area contributed by atoms with E-state index in [0.29, 0.717) is 29.9 Å². The Bertz CT molecular complexity index is 687. The van der Waals surface area contributed by atoms with Gasteiger partial charge in [0, 0.05) is 30.4 Å². The first kappa shape index (κ1) is 17.4. The van der Waals surface area contributed by atoms with Crippen LogP contribution in [0.1, 0.15) is 26.2 Å². The van der Waals surface area contributed by atoms with Crippen LogP contribution in [0.4, 0.5) is 5.69 Å². The molecule has 1 aromatic heterocycles. The molecule has 6 nitrogen and oxygen atoms in total. The van der Waals surface area contributed by atoms with Gasteiger partial charge in [-0.1, -0.05) is 13.0 Å². The molecule has 0 saturated carbocycles. The summed E-state index contributed by atoms with van der Waals surface area (Å²) in [7, 11) is 0. The van der Waals surface area contributed by atoms with Crippen LogP contribution in [0.25, 0.3) is 0 Å². The summed E-state index contributed by atoms with van der Waals surface area (Å²) in [5.74, 6) is 2.09. The Labute approximate surface area is 148 Å². The second-order valence-electron chi connectivity index (χ2n) is 6.51. The van der Waals surface area contributed by atoms with E-state index in [-0.39, 0.29) is 5.91 Å². The van der Waals surface area contributed by atoms with Crippen molar-refractivity contribution in [2.75, 3.05) is 18.4 Å². The highest BCUT2D eigenvalue weighted by Crippen LogP contribution is 2.26. The Kier molecular flexibility index (Phi) is 5.95. The summed E-state index contributed by atoms with van der Waals surface area (Å²) < 4.78 is 5.64. The van der Waals surface area contributed by atoms with E-state index >= 15 is 0 Å². The Morgan fingerprint density at radius 3 is 2.92 bits per heavy atom. The fourth-order valence-electron chi connectivity index (χ4n) is 3.18. The molecule has 1 aromatic carbocycles. The summed E-state index contributed by atoms with van der Waals surface area (Å²) in [4.78, 5) is 12.3. The molecule has 1 unspecified atom stereocenters. The molecule has 1 amide bonds. The molecule has 132 valence electrons. The number of anilines is 1. The zero-order valence-electron chi connectivity index (χ0n) is 14.4. The normalized spacial score (nSPS) is 16.2. The zero-order chi connectivity index (χ0) is 17.5. The minimum absolute atomic E-state index is 0.0442. The first-order valence-electron chi connectivity index (χ1n) is 8.77. The summed E-state index contributed by atoms with van der Waals surface area (Å²) in [6.07, 6.45) is 4.43. The summed E-state index contributed by atoms with van der Waals surface area (Å²) >= 11 is 0. The van der Waals surface area contributed by atoms with Gasteiger partial charge in [0.2, 0.25) is 11.8 Å². The van der Waals surface area contributed by atoms with Gasteiger partial charge in [-0.3, -0.25) is 4.79 Å². The molecule has 1 fully saturated rings. The molecule has 1 aliphatic heterocycles. The van der Waals surface area contributed by atoms with Gasteiger partial charge in [0.05, 0.1) is 0 Å². The second kappa shape index (κ2) is 8.58. The Hall–Kier alpha value is -2.47. The number of ether oxygens (including phenoxy) is 1. The monoisotopic (exact) mass is 340 g/mol. The molecular weight excluding hydrogens is 316 g/mol. The number of benzene rings is 1. The number of carbonyl (C=O) groups excluding carboxylic acids is 1. The van der Waals surface area contributed by atoms with Gasteiger partial charge >= 0.3 is 0 Å². The predicted molar refractivity (Wildman–Crippen MR) is 96.6 cm³/mol. The minimum Gasteiger partial charge on any atom is -0.437 e. The van der Waals surface area contributed by atoms with Gasteiger partial charge in [-0.15, -0.1) is 5.10 Å². The number of carbonyl (C=O) groups is 1. The maximum atomic E-state index is 12.3. The molecular formula is C19H24N4O2. The van der Waals surface area contributed by atoms with Crippen molar-refractivity contribution < 1.29 is 9.53 Å². The van der Waals surface area contributed by atoms with Crippen LogP contribution in [0, 0.1) is 11.8 Å². The molecule has 2 aromatic rings. The van der Waals surface area contributed by atoms with Crippen LogP contribution in [0.2, 0.25) is 0 Å². The van der Waals surface area contributed by atoms with E-state index < -0.39 is 0 Å². The maximum absolute atomic E-state index is 12.3. The average molecular weight is 340 g/mol. The Balaban J connectivity index is 1.55. The summed E-state index contributed by atoms with van der Waals surface area (Å²) in [6.45, 7) is 4.28. The first-order valence-corrected chi connectivity index (χ1v) is 8.77. The van der Waals surface area contributed by atoms with E-state index in [1.807, 2.05) is 18.2 Å². The lowest BCUT2D eigenvalue weighted by Crippen LogP contribution is -2.32. The number of amides is 1. The van der Waals surface area contributed by atoms with Gasteiger partial charge in [-0.25, -0.2) is 0 Å². The maximum Gasteiger partial charge on any atom is 0.238 e. The van der Waals surface area contributed by atoms with E-state index in [1.165, 1.54) is 0 Å². The van der Waals surface area contributed by atoms with Crippen molar-refractivity contribution >= 4 is 11.6 Å². The number of nitrogens with zero attached hydrogens (tertiary/aromatic N) is 2. The summed E-state index contributed by atoms with van der Waals surface area (Å²) in [5, 5.41) is 14.0. The molecule has 1 aliphatic rings. The van der Waals surface area contributed by atoms with Crippen LogP contribution in [0.3, 0.4) is 0 Å². The average Bonchev–Trinajstić information content (AvgIpc) is 2.63. The van der Waals surface area contributed by atoms with Crippen molar-refractivity contribution in [3.8, 4) is 11.6 Å². The number of piperidine rings is 1. The van der Waals surface area contributed by atoms with Crippen LogP contribution < -0.4 is 15.4 Å². The fraction of sp³-hybridized carbons (Fsp3) is 0.421.